The third-order valence-electron chi connectivity index (χ3n) is 3.77. The van der Waals surface area contributed by atoms with Crippen LogP contribution in [-0.4, -0.2) is 21.6 Å². The molecule has 3 rings (SSSR count). The van der Waals surface area contributed by atoms with E-state index in [0.29, 0.717) is 5.82 Å². The number of thiophene rings is 1. The molecule has 1 aromatic carbocycles. The van der Waals surface area contributed by atoms with E-state index in [1.54, 1.807) is 29.5 Å². The number of thioether (sulfide) groups is 1. The van der Waals surface area contributed by atoms with Crippen LogP contribution < -0.4 is 5.32 Å². The summed E-state index contributed by atoms with van der Waals surface area (Å²) in [5.74, 6) is 0.151. The van der Waals surface area contributed by atoms with Crippen LogP contribution in [0.15, 0.2) is 29.3 Å². The first-order valence-electron chi connectivity index (χ1n) is 7.93. The minimum Gasteiger partial charge on any atom is -0.323 e. The van der Waals surface area contributed by atoms with Gasteiger partial charge in [0.2, 0.25) is 5.91 Å². The highest BCUT2D eigenvalue weighted by molar-refractivity contribution is 8.00. The van der Waals surface area contributed by atoms with Gasteiger partial charge in [0, 0.05) is 10.3 Å². The maximum atomic E-state index is 13.6. The molecule has 7 heteroatoms. The molecule has 4 nitrogen and oxygen atoms in total. The van der Waals surface area contributed by atoms with Crippen LogP contribution in [0.1, 0.15) is 23.2 Å². The number of nitrogens with zero attached hydrogens (tertiary/aromatic N) is 2. The molecule has 0 spiro atoms. The van der Waals surface area contributed by atoms with Crippen molar-refractivity contribution in [2.45, 2.75) is 32.2 Å². The number of carbonyl (C=O) groups is 1. The monoisotopic (exact) mass is 375 g/mol. The highest BCUT2D eigenvalue weighted by atomic mass is 32.2. The second kappa shape index (κ2) is 7.49. The number of nitrogens with one attached hydrogen (secondary N) is 1. The van der Waals surface area contributed by atoms with Crippen LogP contribution >= 0.6 is 23.1 Å². The lowest BCUT2D eigenvalue weighted by Crippen LogP contribution is -2.15. The van der Waals surface area contributed by atoms with Crippen molar-refractivity contribution in [3.05, 3.63) is 46.3 Å². The van der Waals surface area contributed by atoms with Crippen LogP contribution in [0.5, 0.6) is 0 Å². The minimum absolute atomic E-state index is 0.165. The predicted molar refractivity (Wildman–Crippen MR) is 102 cm³/mol. The number of hydrogen-bond donors (Lipinski definition) is 1. The molecule has 3 aromatic rings. The van der Waals surface area contributed by atoms with Crippen molar-refractivity contribution in [2.75, 3.05) is 11.1 Å². The second-order valence-corrected chi connectivity index (χ2v) is 7.73. The van der Waals surface area contributed by atoms with Crippen molar-refractivity contribution in [1.29, 1.82) is 0 Å². The molecule has 2 aromatic heterocycles. The fourth-order valence-corrected chi connectivity index (χ4v) is 4.77. The molecule has 1 N–H and O–H groups in total. The molecule has 0 aliphatic heterocycles. The normalized spacial score (nSPS) is 11.0. The molecular formula is C18H18FN3OS2. The number of anilines is 1. The molecule has 0 radical (unpaired) electrons. The van der Waals surface area contributed by atoms with E-state index >= 15 is 0 Å². The van der Waals surface area contributed by atoms with E-state index in [-0.39, 0.29) is 17.3 Å². The predicted octanol–water partition coefficient (Wildman–Crippen LogP) is 4.74. The zero-order chi connectivity index (χ0) is 18.0. The first-order valence-corrected chi connectivity index (χ1v) is 9.73. The van der Waals surface area contributed by atoms with Gasteiger partial charge >= 0.3 is 0 Å². The van der Waals surface area contributed by atoms with Gasteiger partial charge in [-0.15, -0.1) is 11.3 Å². The molecule has 130 valence electrons. The number of carbonyl (C=O) groups excluding carboxylic acids is 1. The summed E-state index contributed by atoms with van der Waals surface area (Å²) in [6.07, 6.45) is 0.896. The number of benzene rings is 1. The maximum absolute atomic E-state index is 13.6. The first kappa shape index (κ1) is 17.8. The van der Waals surface area contributed by atoms with E-state index in [1.165, 1.54) is 28.3 Å². The van der Waals surface area contributed by atoms with Crippen LogP contribution in [0.2, 0.25) is 0 Å². The molecule has 0 unspecified atom stereocenters. The van der Waals surface area contributed by atoms with Gasteiger partial charge in [-0.1, -0.05) is 30.8 Å². The quantitative estimate of drug-likeness (QED) is 0.517. The molecule has 0 aliphatic carbocycles. The van der Waals surface area contributed by atoms with Gasteiger partial charge in [0.25, 0.3) is 0 Å². The third kappa shape index (κ3) is 3.82. The summed E-state index contributed by atoms with van der Waals surface area (Å²) in [6.45, 7) is 6.04. The highest BCUT2D eigenvalue weighted by Gasteiger charge is 2.16. The number of rotatable bonds is 5. The average molecular weight is 375 g/mol. The van der Waals surface area contributed by atoms with E-state index in [2.05, 4.69) is 29.1 Å². The smallest absolute Gasteiger partial charge is 0.234 e. The number of aryl methyl sites for hydroxylation is 3. The summed E-state index contributed by atoms with van der Waals surface area (Å²) in [5, 5.41) is 4.45. The SMILES string of the molecule is CCc1c(C)sc2nc(C)nc(SCC(=O)Nc3ccccc3F)c12. The lowest BCUT2D eigenvalue weighted by Gasteiger charge is -2.08. The Kier molecular flexibility index (Phi) is 5.34. The van der Waals surface area contributed by atoms with Crippen molar-refractivity contribution >= 4 is 44.9 Å². The molecule has 1 amide bonds. The molecule has 0 bridgehead atoms. The van der Waals surface area contributed by atoms with Gasteiger partial charge in [0.05, 0.1) is 11.4 Å². The highest BCUT2D eigenvalue weighted by Crippen LogP contribution is 2.36. The van der Waals surface area contributed by atoms with Crippen molar-refractivity contribution in [3.63, 3.8) is 0 Å². The topological polar surface area (TPSA) is 54.9 Å². The Bertz CT molecular complexity index is 939. The maximum Gasteiger partial charge on any atom is 0.234 e. The van der Waals surface area contributed by atoms with Gasteiger partial charge in [-0.25, -0.2) is 14.4 Å². The Morgan fingerprint density at radius 1 is 1.28 bits per heavy atom. The van der Waals surface area contributed by atoms with Crippen LogP contribution in [0, 0.1) is 19.7 Å². The van der Waals surface area contributed by atoms with Crippen molar-refractivity contribution in [3.8, 4) is 0 Å². The summed E-state index contributed by atoms with van der Waals surface area (Å²) >= 11 is 3.02. The molecule has 0 aliphatic rings. The number of fused-ring (bicyclic) bond motifs is 1. The van der Waals surface area contributed by atoms with Gasteiger partial charge in [-0.05, 0) is 38.0 Å². The average Bonchev–Trinajstić information content (AvgIpc) is 2.89. The summed E-state index contributed by atoms with van der Waals surface area (Å²) in [6, 6.07) is 6.14. The van der Waals surface area contributed by atoms with E-state index in [0.717, 1.165) is 21.7 Å². The summed E-state index contributed by atoms with van der Waals surface area (Å²) < 4.78 is 13.6. The van der Waals surface area contributed by atoms with Gasteiger partial charge in [0.15, 0.2) is 0 Å². The fraction of sp³-hybridized carbons (Fsp3) is 0.278. The lowest BCUT2D eigenvalue weighted by molar-refractivity contribution is -0.113. The largest absolute Gasteiger partial charge is 0.323 e. The second-order valence-electron chi connectivity index (χ2n) is 5.56. The Morgan fingerprint density at radius 3 is 2.76 bits per heavy atom. The van der Waals surface area contributed by atoms with Gasteiger partial charge in [-0.2, -0.15) is 0 Å². The number of hydrogen-bond acceptors (Lipinski definition) is 5. The van der Waals surface area contributed by atoms with Gasteiger partial charge < -0.3 is 5.32 Å². The molecule has 0 fully saturated rings. The van der Waals surface area contributed by atoms with Crippen molar-refractivity contribution < 1.29 is 9.18 Å². The molecular weight excluding hydrogens is 357 g/mol. The Hall–Kier alpha value is -1.99. The van der Waals surface area contributed by atoms with Crippen LogP contribution in [0.25, 0.3) is 10.2 Å². The molecule has 0 saturated heterocycles. The number of halogens is 1. The van der Waals surface area contributed by atoms with Crippen LogP contribution in [0.4, 0.5) is 10.1 Å². The third-order valence-corrected chi connectivity index (χ3v) is 5.79. The number of para-hydroxylation sites is 1. The summed E-state index contributed by atoms with van der Waals surface area (Å²) in [4.78, 5) is 23.4. The molecule has 0 saturated carbocycles. The van der Waals surface area contributed by atoms with E-state index in [1.807, 2.05) is 6.92 Å². The van der Waals surface area contributed by atoms with E-state index in [9.17, 15) is 9.18 Å². The number of amides is 1. The fourth-order valence-electron chi connectivity index (χ4n) is 2.65. The van der Waals surface area contributed by atoms with Crippen molar-refractivity contribution in [1.82, 2.24) is 9.97 Å². The zero-order valence-corrected chi connectivity index (χ0v) is 15.9. The number of aromatic nitrogens is 2. The Balaban J connectivity index is 1.81. The van der Waals surface area contributed by atoms with Crippen LogP contribution in [0.3, 0.4) is 0 Å². The van der Waals surface area contributed by atoms with Crippen LogP contribution in [-0.2, 0) is 11.2 Å². The molecule has 25 heavy (non-hydrogen) atoms. The minimum atomic E-state index is -0.442. The van der Waals surface area contributed by atoms with Gasteiger partial charge in [0.1, 0.15) is 21.5 Å². The standard InChI is InChI=1S/C18H18FN3OS2/c1-4-12-10(2)25-18-16(12)17(20-11(3)21-18)24-9-15(23)22-14-8-6-5-7-13(14)19/h5-8H,4,9H2,1-3H3,(H,22,23). The Morgan fingerprint density at radius 2 is 2.04 bits per heavy atom. The van der Waals surface area contributed by atoms with E-state index in [4.69, 9.17) is 0 Å². The molecule has 2 heterocycles. The summed E-state index contributed by atoms with van der Waals surface area (Å²) in [5.41, 5.74) is 1.43. The summed E-state index contributed by atoms with van der Waals surface area (Å²) in [7, 11) is 0. The van der Waals surface area contributed by atoms with Gasteiger partial charge in [-0.3, -0.25) is 4.79 Å². The lowest BCUT2D eigenvalue weighted by atomic mass is 10.1. The van der Waals surface area contributed by atoms with E-state index < -0.39 is 5.82 Å². The zero-order valence-electron chi connectivity index (χ0n) is 14.2. The molecule has 0 atom stereocenters. The Labute approximate surface area is 153 Å². The first-order chi connectivity index (χ1) is 12.0. The van der Waals surface area contributed by atoms with Crippen molar-refractivity contribution in [2.24, 2.45) is 0 Å².